The number of hydrogen-bond donors (Lipinski definition) is 2. The quantitative estimate of drug-likeness (QED) is 0.231. The van der Waals surface area contributed by atoms with Gasteiger partial charge in [0.25, 0.3) is 0 Å². The highest BCUT2D eigenvalue weighted by atomic mass is 35.5. The number of unbranched alkanes of at least 4 members (excludes halogenated alkanes) is 2. The molecule has 1 unspecified atom stereocenters. The summed E-state index contributed by atoms with van der Waals surface area (Å²) in [5.41, 5.74) is 8.02. The number of nitrogens with two attached hydrogens (primary N) is 1. The van der Waals surface area contributed by atoms with Crippen molar-refractivity contribution >= 4 is 23.2 Å². The summed E-state index contributed by atoms with van der Waals surface area (Å²) in [6.45, 7) is 15.3. The maximum Gasteiger partial charge on any atom is 0.221 e. The number of carbonyl (C=O) groups is 1. The van der Waals surface area contributed by atoms with Crippen molar-refractivity contribution in [2.45, 2.75) is 57.7 Å². The molecule has 1 aliphatic heterocycles. The third kappa shape index (κ3) is 8.80. The lowest BCUT2D eigenvalue weighted by Crippen LogP contribution is -2.27. The Kier molecular flexibility index (Phi) is 11.4. The smallest absolute Gasteiger partial charge is 0.221 e. The molecule has 0 aromatic heterocycles. The largest absolute Gasteiger partial charge is 0.369 e. The molecule has 1 aliphatic carbocycles. The summed E-state index contributed by atoms with van der Waals surface area (Å²) in [6.07, 6.45) is 15.1. The number of nitrogens with zero attached hydrogens (tertiary/aromatic N) is 2. The molecule has 0 bridgehead atoms. The summed E-state index contributed by atoms with van der Waals surface area (Å²) in [5, 5.41) is 3.25. The molecule has 1 fully saturated rings. The van der Waals surface area contributed by atoms with Gasteiger partial charge in [0.05, 0.1) is 17.2 Å². The van der Waals surface area contributed by atoms with Crippen LogP contribution < -0.4 is 11.1 Å². The summed E-state index contributed by atoms with van der Waals surface area (Å²) < 4.78 is 6.32. The molecule has 0 spiro atoms. The van der Waals surface area contributed by atoms with E-state index in [4.69, 9.17) is 27.1 Å². The first-order valence-corrected chi connectivity index (χ1v) is 11.9. The molecule has 180 valence electrons. The van der Waals surface area contributed by atoms with Crippen LogP contribution in [0.15, 0.2) is 77.2 Å². The molecular formula is C26H37ClN4O2. The molecule has 6 nitrogen and oxygen atoms in total. The number of ether oxygens (including phenoxy) is 1. The summed E-state index contributed by atoms with van der Waals surface area (Å²) in [5.74, 6) is 0.595. The lowest BCUT2D eigenvalue weighted by atomic mass is 10.0. The molecule has 1 amide bonds. The predicted octanol–water partition coefficient (Wildman–Crippen LogP) is 4.72. The average Bonchev–Trinajstić information content (AvgIpc) is 3.26. The lowest BCUT2D eigenvalue weighted by Gasteiger charge is -2.23. The summed E-state index contributed by atoms with van der Waals surface area (Å²) in [4.78, 5) is 18.2. The van der Waals surface area contributed by atoms with Crippen LogP contribution in [0.2, 0.25) is 0 Å². The van der Waals surface area contributed by atoms with Crippen LogP contribution in [0.25, 0.3) is 0 Å². The molecule has 2 rings (SSSR count). The van der Waals surface area contributed by atoms with Crippen molar-refractivity contribution < 1.29 is 9.53 Å². The Morgan fingerprint density at radius 2 is 2.15 bits per heavy atom. The molecule has 0 radical (unpaired) electrons. The standard InChI is InChI=1S/C26H37ClN4O2/c1-5-22(10-8-7-9-16-28)30-26(25(27)6-2)31-17-15-24(18-31)33-23-13-11-21(12-14-23)19(3)29-20(4)32/h5-6,11-13,23-24H,1-3,7-10,14-18,28H2,4H3,(H,29,32)/b26-25-,30-22?/t23?,24-/m1/s1. The summed E-state index contributed by atoms with van der Waals surface area (Å²) in [7, 11) is 0. The van der Waals surface area contributed by atoms with Crippen molar-refractivity contribution in [1.29, 1.82) is 0 Å². The molecule has 0 saturated carbocycles. The Morgan fingerprint density at radius 3 is 2.76 bits per heavy atom. The maximum atomic E-state index is 11.2. The first kappa shape index (κ1) is 26.8. The fraction of sp³-hybridized carbons (Fsp3) is 0.462. The van der Waals surface area contributed by atoms with Gasteiger partial charge in [-0.3, -0.25) is 4.79 Å². The van der Waals surface area contributed by atoms with Crippen LogP contribution in [0.3, 0.4) is 0 Å². The van der Waals surface area contributed by atoms with E-state index in [1.165, 1.54) is 6.92 Å². The molecular weight excluding hydrogens is 436 g/mol. The number of likely N-dealkylation sites (tertiary alicyclic amines) is 1. The topological polar surface area (TPSA) is 79.9 Å². The first-order chi connectivity index (χ1) is 15.9. The SMILES string of the molecule is C=CC(CCCCCN)=N/C(=C(/Cl)C=C)N1CC[C@@H](OC2C=CC(C(=C)NC(C)=O)=CC2)C1. The third-order valence-electron chi connectivity index (χ3n) is 5.56. The van der Waals surface area contributed by atoms with E-state index < -0.39 is 0 Å². The van der Waals surface area contributed by atoms with Crippen molar-refractivity contribution in [3.05, 3.63) is 72.2 Å². The van der Waals surface area contributed by atoms with Crippen LogP contribution in [-0.2, 0) is 9.53 Å². The van der Waals surface area contributed by atoms with Gasteiger partial charge < -0.3 is 20.7 Å². The van der Waals surface area contributed by atoms with E-state index >= 15 is 0 Å². The number of aliphatic imine (C=N–C) groups is 1. The van der Waals surface area contributed by atoms with E-state index in [-0.39, 0.29) is 18.1 Å². The highest BCUT2D eigenvalue weighted by Crippen LogP contribution is 2.27. The zero-order chi connectivity index (χ0) is 24.2. The fourth-order valence-corrected chi connectivity index (χ4v) is 3.98. The minimum atomic E-state index is -0.126. The first-order valence-electron chi connectivity index (χ1n) is 11.6. The summed E-state index contributed by atoms with van der Waals surface area (Å²) in [6, 6.07) is 0. The van der Waals surface area contributed by atoms with Gasteiger partial charge >= 0.3 is 0 Å². The Bertz CT molecular complexity index is 856. The Hall–Kier alpha value is -2.41. The van der Waals surface area contributed by atoms with Gasteiger partial charge in [-0.15, -0.1) is 0 Å². The molecule has 2 aliphatic rings. The second-order valence-corrected chi connectivity index (χ2v) is 8.63. The molecule has 1 saturated heterocycles. The van der Waals surface area contributed by atoms with Gasteiger partial charge in [-0.05, 0) is 56.4 Å². The number of halogens is 1. The molecule has 0 aromatic carbocycles. The van der Waals surface area contributed by atoms with E-state index in [0.29, 0.717) is 23.8 Å². The van der Waals surface area contributed by atoms with E-state index in [1.807, 2.05) is 18.2 Å². The van der Waals surface area contributed by atoms with Crippen LogP contribution in [0.1, 0.15) is 45.4 Å². The Balaban J connectivity index is 1.96. The van der Waals surface area contributed by atoms with Gasteiger partial charge in [0.15, 0.2) is 0 Å². The molecule has 0 aromatic rings. The number of amides is 1. The van der Waals surface area contributed by atoms with Crippen LogP contribution >= 0.6 is 11.6 Å². The van der Waals surface area contributed by atoms with E-state index in [0.717, 1.165) is 62.2 Å². The second-order valence-electron chi connectivity index (χ2n) is 8.23. The van der Waals surface area contributed by atoms with Gasteiger partial charge in [0, 0.05) is 31.4 Å². The van der Waals surface area contributed by atoms with Crippen LogP contribution in [0, 0.1) is 0 Å². The molecule has 3 N–H and O–H groups in total. The fourth-order valence-electron chi connectivity index (χ4n) is 3.82. The van der Waals surface area contributed by atoms with Gasteiger partial charge in [-0.25, -0.2) is 4.99 Å². The molecule has 7 heteroatoms. The van der Waals surface area contributed by atoms with E-state index in [1.54, 1.807) is 12.2 Å². The van der Waals surface area contributed by atoms with Gasteiger partial charge in [0.2, 0.25) is 5.91 Å². The normalized spacial score (nSPS) is 21.4. The van der Waals surface area contributed by atoms with Gasteiger partial charge in [-0.1, -0.05) is 56.0 Å². The van der Waals surface area contributed by atoms with Crippen LogP contribution in [0.4, 0.5) is 0 Å². The van der Waals surface area contributed by atoms with Crippen molar-refractivity contribution in [2.75, 3.05) is 19.6 Å². The van der Waals surface area contributed by atoms with E-state index in [2.05, 4.69) is 30.0 Å². The van der Waals surface area contributed by atoms with Crippen molar-refractivity contribution in [3.8, 4) is 0 Å². The zero-order valence-electron chi connectivity index (χ0n) is 19.7. The van der Waals surface area contributed by atoms with Crippen molar-refractivity contribution in [3.63, 3.8) is 0 Å². The monoisotopic (exact) mass is 472 g/mol. The number of allylic oxidation sites excluding steroid dienone is 4. The molecule has 2 atom stereocenters. The number of carbonyl (C=O) groups excluding carboxylic acids is 1. The predicted molar refractivity (Wildman–Crippen MR) is 138 cm³/mol. The average molecular weight is 473 g/mol. The van der Waals surface area contributed by atoms with Crippen LogP contribution in [-0.4, -0.2) is 48.4 Å². The lowest BCUT2D eigenvalue weighted by molar-refractivity contribution is -0.118. The highest BCUT2D eigenvalue weighted by molar-refractivity contribution is 6.31. The maximum absolute atomic E-state index is 11.2. The van der Waals surface area contributed by atoms with Crippen molar-refractivity contribution in [1.82, 2.24) is 10.2 Å². The summed E-state index contributed by atoms with van der Waals surface area (Å²) >= 11 is 6.48. The third-order valence-corrected chi connectivity index (χ3v) is 5.89. The minimum absolute atomic E-state index is 0.0130. The van der Waals surface area contributed by atoms with Crippen molar-refractivity contribution in [2.24, 2.45) is 10.7 Å². The van der Waals surface area contributed by atoms with Crippen LogP contribution in [0.5, 0.6) is 0 Å². The molecule has 1 heterocycles. The zero-order valence-corrected chi connectivity index (χ0v) is 20.4. The highest BCUT2D eigenvalue weighted by Gasteiger charge is 2.28. The van der Waals surface area contributed by atoms with Gasteiger partial charge in [0.1, 0.15) is 5.82 Å². The Labute approximate surface area is 203 Å². The second kappa shape index (κ2) is 14.0. The number of rotatable bonds is 13. The Morgan fingerprint density at radius 1 is 1.36 bits per heavy atom. The van der Waals surface area contributed by atoms with Gasteiger partial charge in [-0.2, -0.15) is 0 Å². The number of nitrogens with one attached hydrogen (secondary N) is 1. The molecule has 33 heavy (non-hydrogen) atoms. The van der Waals surface area contributed by atoms with E-state index in [9.17, 15) is 4.79 Å². The number of hydrogen-bond acceptors (Lipinski definition) is 5. The minimum Gasteiger partial charge on any atom is -0.369 e.